The standard InChI is InChI=1S/B.Cr.Ni.Ti. The first-order valence-corrected chi connectivity index (χ1v) is 0. The second-order valence-corrected chi connectivity index (χ2v) is 0. The van der Waals surface area contributed by atoms with Crippen LogP contribution in [0.25, 0.3) is 0 Å². The normalized spacial score (nSPS) is 0. The third-order valence-corrected chi connectivity index (χ3v) is 0. The molecule has 0 saturated carbocycles. The first-order chi connectivity index (χ1) is 0. The van der Waals surface area contributed by atoms with Gasteiger partial charge in [0.25, 0.3) is 0 Å². The molecule has 0 aromatic carbocycles. The van der Waals surface area contributed by atoms with Crippen molar-refractivity contribution < 1.29 is 55.6 Å². The summed E-state index contributed by atoms with van der Waals surface area (Å²) in [5.74, 6) is 0. The van der Waals surface area contributed by atoms with Gasteiger partial charge in [-0.05, 0) is 0 Å². The zero-order valence-electron chi connectivity index (χ0n) is 1.80. The molecule has 0 amide bonds. The summed E-state index contributed by atoms with van der Waals surface area (Å²) in [5.41, 5.74) is 0. The molecule has 0 fully saturated rings. The van der Waals surface area contributed by atoms with Crippen LogP contribution in [0.1, 0.15) is 0 Å². The van der Waals surface area contributed by atoms with Gasteiger partial charge in [0.1, 0.15) is 0 Å². The minimum atomic E-state index is 0. The van der Waals surface area contributed by atoms with Crippen molar-refractivity contribution >= 4 is 8.41 Å². The predicted molar refractivity (Wildman–Crippen MR) is 5.75 cm³/mol. The van der Waals surface area contributed by atoms with Crippen LogP contribution in [0.3, 0.4) is 0 Å². The van der Waals surface area contributed by atoms with E-state index >= 15 is 0 Å². The second kappa shape index (κ2) is 21.4. The van der Waals surface area contributed by atoms with Crippen LogP contribution in [0, 0.1) is 0 Å². The number of hydrogen-bond acceptors (Lipinski definition) is 0. The maximum Gasteiger partial charge on any atom is 0 e. The molecule has 0 aromatic rings. The van der Waals surface area contributed by atoms with Crippen molar-refractivity contribution in [1.82, 2.24) is 0 Å². The third kappa shape index (κ3) is 9.19. The molecule has 4 heavy (non-hydrogen) atoms. The minimum absolute atomic E-state index is 0. The Labute approximate surface area is 63.6 Å². The summed E-state index contributed by atoms with van der Waals surface area (Å²) >= 11 is 0. The Morgan fingerprint density at radius 3 is 1.00 bits per heavy atom. The first-order valence-electron chi connectivity index (χ1n) is 0. The van der Waals surface area contributed by atoms with Crippen molar-refractivity contribution in [3.8, 4) is 0 Å². The summed E-state index contributed by atoms with van der Waals surface area (Å²) in [6.45, 7) is 0. The van der Waals surface area contributed by atoms with E-state index in [0.29, 0.717) is 0 Å². The molecule has 3 radical (unpaired) electrons. The van der Waals surface area contributed by atoms with Gasteiger partial charge in [-0.25, -0.2) is 0 Å². The zero-order valence-corrected chi connectivity index (χ0v) is 5.63. The molecule has 0 heterocycles. The van der Waals surface area contributed by atoms with E-state index in [-0.39, 0.29) is 64.0 Å². The van der Waals surface area contributed by atoms with Gasteiger partial charge in [-0.3, -0.25) is 0 Å². The SMILES string of the molecule is [B].[Cr].[Ni].[Ti]. The van der Waals surface area contributed by atoms with E-state index in [4.69, 9.17) is 0 Å². The van der Waals surface area contributed by atoms with Crippen LogP contribution in [0.2, 0.25) is 0 Å². The molecule has 0 aliphatic heterocycles. The summed E-state index contributed by atoms with van der Waals surface area (Å²) in [4.78, 5) is 0. The van der Waals surface area contributed by atoms with E-state index < -0.39 is 0 Å². The van der Waals surface area contributed by atoms with Crippen molar-refractivity contribution in [2.45, 2.75) is 0 Å². The van der Waals surface area contributed by atoms with Gasteiger partial charge in [0.15, 0.2) is 0 Å². The van der Waals surface area contributed by atoms with E-state index in [0.717, 1.165) is 0 Å². The fraction of sp³-hybridized carbons (Fsp3) is 0. The molecule has 0 rings (SSSR count). The molecular weight excluding hydrogens is 169 g/mol. The van der Waals surface area contributed by atoms with Crippen molar-refractivity contribution in [2.75, 3.05) is 0 Å². The molecule has 0 bridgehead atoms. The molecule has 0 nitrogen and oxygen atoms in total. The van der Waals surface area contributed by atoms with Crippen LogP contribution in [-0.2, 0) is 55.6 Å². The molecule has 0 aliphatic carbocycles. The minimum Gasteiger partial charge on any atom is 0 e. The molecule has 0 unspecified atom stereocenters. The van der Waals surface area contributed by atoms with Crippen molar-refractivity contribution in [3.63, 3.8) is 0 Å². The maximum absolute atomic E-state index is 0. The molecule has 0 aromatic heterocycles. The van der Waals surface area contributed by atoms with Crippen molar-refractivity contribution in [3.05, 3.63) is 0 Å². The van der Waals surface area contributed by atoms with E-state index in [1.54, 1.807) is 0 Å². The quantitative estimate of drug-likeness (QED) is 0.433. The van der Waals surface area contributed by atoms with Gasteiger partial charge in [-0.1, -0.05) is 0 Å². The van der Waals surface area contributed by atoms with Gasteiger partial charge in [-0.2, -0.15) is 0 Å². The van der Waals surface area contributed by atoms with Gasteiger partial charge in [-0.15, -0.1) is 0 Å². The molecule has 0 atom stereocenters. The second-order valence-electron chi connectivity index (χ2n) is 0. The fourth-order valence-corrected chi connectivity index (χ4v) is 0. The molecule has 4 heteroatoms. The summed E-state index contributed by atoms with van der Waals surface area (Å²) < 4.78 is 0. The average molecular weight is 169 g/mol. The van der Waals surface area contributed by atoms with Crippen LogP contribution in [-0.4, -0.2) is 8.41 Å². The van der Waals surface area contributed by atoms with E-state index in [2.05, 4.69) is 0 Å². The monoisotopic (exact) mass is 169 g/mol. The summed E-state index contributed by atoms with van der Waals surface area (Å²) in [5, 5.41) is 0. The first kappa shape index (κ1) is 41.1. The predicted octanol–water partition coefficient (Wildman–Crippen LogP) is -0.388. The molecule has 0 spiro atoms. The van der Waals surface area contributed by atoms with Crippen LogP contribution in [0.5, 0.6) is 0 Å². The third-order valence-electron chi connectivity index (χ3n) is 0. The topological polar surface area (TPSA) is 0 Å². The summed E-state index contributed by atoms with van der Waals surface area (Å²) in [6, 6.07) is 0. The molecule has 0 saturated heterocycles. The van der Waals surface area contributed by atoms with Crippen molar-refractivity contribution in [2.24, 2.45) is 0 Å². The van der Waals surface area contributed by atoms with Crippen LogP contribution >= 0.6 is 0 Å². The van der Waals surface area contributed by atoms with E-state index in [1.807, 2.05) is 0 Å². The Morgan fingerprint density at radius 1 is 1.00 bits per heavy atom. The Kier molecular flexibility index (Phi) is 220. The van der Waals surface area contributed by atoms with E-state index in [9.17, 15) is 0 Å². The van der Waals surface area contributed by atoms with Crippen LogP contribution in [0.15, 0.2) is 0 Å². The number of hydrogen-bond donors (Lipinski definition) is 0. The molecule has 0 aliphatic rings. The van der Waals surface area contributed by atoms with Gasteiger partial charge >= 0.3 is 0 Å². The molecular formula is BCrNiTi. The maximum atomic E-state index is 0. The smallest absolute Gasteiger partial charge is 0 e. The van der Waals surface area contributed by atoms with E-state index in [1.165, 1.54) is 0 Å². The molecule has 23 valence electrons. The largest absolute Gasteiger partial charge is 0 e. The zero-order chi connectivity index (χ0) is 0. The average Bonchev–Trinajstić information content (AvgIpc) is 0. The van der Waals surface area contributed by atoms with Crippen LogP contribution < -0.4 is 0 Å². The summed E-state index contributed by atoms with van der Waals surface area (Å²) in [7, 11) is 0. The van der Waals surface area contributed by atoms with Gasteiger partial charge in [0.05, 0.1) is 0 Å². The summed E-state index contributed by atoms with van der Waals surface area (Å²) in [6.07, 6.45) is 0. The number of rotatable bonds is 0. The Bertz CT molecular complexity index is 8.00. The van der Waals surface area contributed by atoms with Gasteiger partial charge in [0, 0.05) is 64.0 Å². The molecule has 0 N–H and O–H groups in total. The van der Waals surface area contributed by atoms with Gasteiger partial charge in [0.2, 0.25) is 0 Å². The van der Waals surface area contributed by atoms with Crippen molar-refractivity contribution in [1.29, 1.82) is 0 Å². The Hall–Kier alpha value is 1.81. The van der Waals surface area contributed by atoms with Gasteiger partial charge < -0.3 is 0 Å². The Balaban J connectivity index is 0. The Morgan fingerprint density at radius 2 is 1.00 bits per heavy atom. The fourth-order valence-electron chi connectivity index (χ4n) is 0. The van der Waals surface area contributed by atoms with Crippen LogP contribution in [0.4, 0.5) is 0 Å².